The van der Waals surface area contributed by atoms with Gasteiger partial charge in [-0.3, -0.25) is 0 Å². The molecule has 0 saturated carbocycles. The Morgan fingerprint density at radius 3 is 2.31 bits per heavy atom. The molecule has 1 fully saturated rings. The number of hydrogen-bond acceptors (Lipinski definition) is 7. The van der Waals surface area contributed by atoms with Gasteiger partial charge in [0.1, 0.15) is 0 Å². The second-order valence-corrected chi connectivity index (χ2v) is 38.7. The van der Waals surface area contributed by atoms with E-state index in [4.69, 9.17) is 18.6 Å². The fourth-order valence-corrected chi connectivity index (χ4v) is 24.7. The normalized spacial score (nSPS) is 20.7. The molecule has 8 nitrogen and oxygen atoms in total. The Bertz CT molecular complexity index is 1680. The van der Waals surface area contributed by atoms with Crippen LogP contribution in [-0.2, 0) is 30.2 Å². The number of fused-ring (bicyclic) bond motifs is 1. The number of hydrogen-bond donors (Lipinski definition) is 2. The van der Waals surface area contributed by atoms with E-state index in [1.165, 1.54) is 57.4 Å². The predicted molar refractivity (Wildman–Crippen MR) is 274 cm³/mol. The van der Waals surface area contributed by atoms with Crippen LogP contribution in [0.4, 0.5) is 11.4 Å². The summed E-state index contributed by atoms with van der Waals surface area (Å²) in [5, 5.41) is 6.33. The number of methoxy groups -OCH3 is 1. The molecule has 2 heterocycles. The molecule has 0 unspecified atom stereocenters. The van der Waals surface area contributed by atoms with Gasteiger partial charge >= 0.3 is 279 Å². The molecule has 0 spiro atoms. The zero-order valence-electron chi connectivity index (χ0n) is 40.1. The van der Waals surface area contributed by atoms with Crippen LogP contribution in [0.25, 0.3) is 0 Å². The monoisotopic (exact) mass is 1100 g/mol. The number of ether oxygens (including phenoxy) is 3. The molecule has 1 aromatic rings. The number of carbonyl (C=O) groups excluding carboxylic acids is 2. The Labute approximate surface area is 394 Å². The fraction of sp³-hybridized carbons (Fsp3) is 0.673. The van der Waals surface area contributed by atoms with Gasteiger partial charge in [-0.05, 0) is 36.8 Å². The van der Waals surface area contributed by atoms with E-state index in [2.05, 4.69) is 130 Å². The molecule has 2 aliphatic heterocycles. The number of nitrogens with one attached hydrogen (secondary N) is 2. The molecule has 1 aromatic carbocycles. The van der Waals surface area contributed by atoms with Gasteiger partial charge in [0.05, 0.1) is 12.2 Å². The van der Waals surface area contributed by atoms with Crippen molar-refractivity contribution in [1.82, 2.24) is 0 Å². The van der Waals surface area contributed by atoms with Crippen LogP contribution in [0.3, 0.4) is 0 Å². The van der Waals surface area contributed by atoms with E-state index in [1.807, 2.05) is 30.1 Å². The summed E-state index contributed by atoms with van der Waals surface area (Å²) in [6.07, 6.45) is 20.3. The van der Waals surface area contributed by atoms with Crippen LogP contribution in [0.1, 0.15) is 133 Å². The summed E-state index contributed by atoms with van der Waals surface area (Å²) in [6.45, 7) is 26.5. The molecule has 2 amide bonds. The molecule has 0 radical (unpaired) electrons. The van der Waals surface area contributed by atoms with Crippen molar-refractivity contribution < 1.29 is 28.2 Å². The number of carbonyl (C=O) groups is 2. The number of allylic oxidation sites excluding steroid dienone is 3. The molecule has 4 atom stereocenters. The van der Waals surface area contributed by atoms with Crippen molar-refractivity contribution in [1.29, 1.82) is 0 Å². The Kier molecular flexibility index (Phi) is 22.7. The average molecular weight is 1100 g/mol. The first-order valence-corrected chi connectivity index (χ1v) is 35.9. The van der Waals surface area contributed by atoms with E-state index in [9.17, 15) is 9.59 Å². The maximum atomic E-state index is 14.2. The Morgan fingerprint density at radius 1 is 1.10 bits per heavy atom. The number of unbranched alkanes of at least 4 members (excludes halogenated alkanes) is 3. The number of benzene rings is 1. The minimum absolute atomic E-state index is 0.0231. The van der Waals surface area contributed by atoms with Gasteiger partial charge in [-0.25, -0.2) is 0 Å². The summed E-state index contributed by atoms with van der Waals surface area (Å²) in [6, 6.07) is 1.91. The summed E-state index contributed by atoms with van der Waals surface area (Å²) < 4.78 is 34.9. The number of amides is 2. The first kappa shape index (κ1) is 54.2. The Hall–Kier alpha value is -1.10. The number of halogens is 1. The summed E-state index contributed by atoms with van der Waals surface area (Å²) in [5.74, 6) is 0.309. The molecule has 0 bridgehead atoms. The Morgan fingerprint density at radius 2 is 1.74 bits per heavy atom. The topological polar surface area (TPSA) is 95.1 Å². The molecule has 0 aromatic heterocycles. The van der Waals surface area contributed by atoms with E-state index in [0.717, 1.165) is 34.7 Å². The molecule has 3 rings (SSSR count). The van der Waals surface area contributed by atoms with Crippen molar-refractivity contribution in [3.05, 3.63) is 55.8 Å². The first-order valence-electron chi connectivity index (χ1n) is 23.0. The first-order chi connectivity index (χ1) is 28.8. The average Bonchev–Trinajstić information content (AvgIpc) is 3.19. The van der Waals surface area contributed by atoms with Crippen LogP contribution < -0.4 is 15.1 Å². The summed E-state index contributed by atoms with van der Waals surface area (Å²) in [7, 11) is -0.686. The van der Waals surface area contributed by atoms with Gasteiger partial charge in [0.25, 0.3) is 0 Å². The van der Waals surface area contributed by atoms with E-state index in [-0.39, 0.29) is 47.5 Å². The van der Waals surface area contributed by atoms with Gasteiger partial charge in [-0.15, -0.1) is 0 Å². The van der Waals surface area contributed by atoms with Gasteiger partial charge in [0.2, 0.25) is 0 Å². The van der Waals surface area contributed by atoms with Crippen molar-refractivity contribution in [2.75, 3.05) is 23.5 Å². The summed E-state index contributed by atoms with van der Waals surface area (Å²) in [5.41, 5.74) is 3.51. The summed E-state index contributed by atoms with van der Waals surface area (Å²) >= 11 is 1.19. The van der Waals surface area contributed by atoms with Gasteiger partial charge in [0.15, 0.2) is 5.79 Å². The minimum atomic E-state index is -2.59. The third-order valence-corrected chi connectivity index (χ3v) is 32.8. The maximum absolute atomic E-state index is 14.2. The van der Waals surface area contributed by atoms with Gasteiger partial charge in [0, 0.05) is 5.92 Å². The number of anilines is 2. The van der Waals surface area contributed by atoms with Crippen LogP contribution >= 0.6 is 34.4 Å². The van der Waals surface area contributed by atoms with Crippen molar-refractivity contribution in [2.45, 2.75) is 194 Å². The Balaban J connectivity index is 2.02. The van der Waals surface area contributed by atoms with Gasteiger partial charge < -0.3 is 9.47 Å². The molecule has 61 heavy (non-hydrogen) atoms. The molecule has 12 heteroatoms. The number of rotatable bonds is 24. The van der Waals surface area contributed by atoms with Gasteiger partial charge in [-0.2, -0.15) is 0 Å². The van der Waals surface area contributed by atoms with Crippen LogP contribution in [0.5, 0.6) is 5.75 Å². The van der Waals surface area contributed by atoms with E-state index in [0.29, 0.717) is 17.9 Å². The zero-order valence-corrected chi connectivity index (χ0v) is 46.9. The fourth-order valence-electron chi connectivity index (χ4n) is 8.04. The molecule has 344 valence electrons. The third-order valence-electron chi connectivity index (χ3n) is 12.7. The van der Waals surface area contributed by atoms with Crippen molar-refractivity contribution in [3.63, 3.8) is 0 Å². The van der Waals surface area contributed by atoms with Crippen LogP contribution in [0.15, 0.2) is 55.1 Å². The molecular formula is C49H81IN2O6SSiSn. The van der Waals surface area contributed by atoms with E-state index in [1.54, 1.807) is 18.9 Å². The van der Waals surface area contributed by atoms with E-state index >= 15 is 0 Å². The second-order valence-electron chi connectivity index (χ2n) is 19.3. The van der Waals surface area contributed by atoms with Crippen molar-refractivity contribution >= 4 is 84.2 Å². The predicted octanol–water partition coefficient (Wildman–Crippen LogP) is 14.3. The molecule has 0 aliphatic carbocycles. The SMILES string of the molecule is CCC[CH2][Sn](/[CH]=C/[C@@H](CC(=O)Nc1cc2c(c(CC/C=C(/C)[C@@H]3OC(C)(C)O[C@@H](C/C=C/C=C/I)[C@@H]3C)c1O[Si](C)(C)C(C)(C)C)SCC(=O)N2)OC)([CH2]CCC)[CH2]CCC. The van der Waals surface area contributed by atoms with Gasteiger partial charge in [-0.1, -0.05) is 47.7 Å². The standard InChI is InChI=1S/C37H54IN2O6SSi.3C4H9.Sn/c1-12-26(43-9)21-31(41)39-28-22-29-35(47-23-32(42)40-29)27(34(28)46-48(10,11)36(4,5)6)18-16-17-24(2)33-25(3)30(19-14-13-15-20-38)44-37(7,8)45-33;3*1-3-4-2;/h1,12-15,17,20,22,25-26,30,33H,16,18-19,21,23H2,2-11H3,(H,39,41)(H,40,42);3*1,3-4H2,2H3;/b12-1?,14-13+,20-15+,24-17-;;;;/t25-,26-,30-,33-;;;;/m0..../s1. The quantitative estimate of drug-likeness (QED) is 0.0461. The molecular weight excluding hydrogens is 1020 g/mol. The molecule has 1 saturated heterocycles. The molecule has 2 N–H and O–H groups in total. The zero-order chi connectivity index (χ0) is 45.4. The third kappa shape index (κ3) is 16.7. The van der Waals surface area contributed by atoms with Crippen molar-refractivity contribution in [3.8, 4) is 5.75 Å². The molecule has 2 aliphatic rings. The summed E-state index contributed by atoms with van der Waals surface area (Å²) in [4.78, 5) is 28.0. The van der Waals surface area contributed by atoms with Crippen molar-refractivity contribution in [2.24, 2.45) is 5.92 Å². The van der Waals surface area contributed by atoms with Crippen LogP contribution in [0.2, 0.25) is 31.4 Å². The van der Waals surface area contributed by atoms with E-state index < -0.39 is 32.5 Å². The number of thioether (sulfide) groups is 1. The van der Waals surface area contributed by atoms with Crippen LogP contribution in [-0.4, -0.2) is 75.5 Å². The second kappa shape index (κ2) is 25.6. The van der Waals surface area contributed by atoms with Crippen LogP contribution in [0, 0.1) is 5.92 Å².